The van der Waals surface area contributed by atoms with E-state index in [4.69, 9.17) is 0 Å². The van der Waals surface area contributed by atoms with E-state index in [1.807, 2.05) is 25.7 Å². The molecule has 1 aromatic carbocycles. The number of hydrogen-bond donors (Lipinski definition) is 2. The zero-order chi connectivity index (χ0) is 27.6. The Hall–Kier alpha value is -2.99. The number of hydrogen-bond acceptors (Lipinski definition) is 8. The summed E-state index contributed by atoms with van der Waals surface area (Å²) in [5.74, 6) is 0.130. The van der Waals surface area contributed by atoms with Gasteiger partial charge in [0.2, 0.25) is 5.91 Å². The van der Waals surface area contributed by atoms with Gasteiger partial charge in [-0.3, -0.25) is 9.59 Å². The molecule has 2 N–H and O–H groups in total. The number of carbonyl (C=O) groups is 2. The summed E-state index contributed by atoms with van der Waals surface area (Å²) in [5.41, 5.74) is 0.164. The molecular weight excluding hydrogens is 516 g/mol. The lowest BCUT2D eigenvalue weighted by Crippen LogP contribution is -2.42. The molecule has 37 heavy (non-hydrogen) atoms. The van der Waals surface area contributed by atoms with Gasteiger partial charge in [0.25, 0.3) is 5.91 Å². The third-order valence-electron chi connectivity index (χ3n) is 5.97. The summed E-state index contributed by atoms with van der Waals surface area (Å²) < 4.78 is 47.7. The molecule has 1 saturated heterocycles. The molecule has 0 atom stereocenters. The maximum absolute atomic E-state index is 13.0. The Morgan fingerprint density at radius 2 is 1.54 bits per heavy atom. The van der Waals surface area contributed by atoms with Crippen LogP contribution in [0.4, 0.5) is 11.5 Å². The minimum Gasteiger partial charge on any atom is -0.355 e. The Morgan fingerprint density at radius 3 is 2.05 bits per heavy atom. The number of nitrogens with one attached hydrogen (secondary N) is 2. The molecule has 12 heteroatoms. The van der Waals surface area contributed by atoms with Gasteiger partial charge in [-0.1, -0.05) is 0 Å². The summed E-state index contributed by atoms with van der Waals surface area (Å²) >= 11 is 0. The zero-order valence-electron chi connectivity index (χ0n) is 21.7. The molecule has 1 fully saturated rings. The molecule has 0 spiro atoms. The molecule has 0 aliphatic carbocycles. The lowest BCUT2D eigenvalue weighted by atomic mass is 9.92. The van der Waals surface area contributed by atoms with Crippen LogP contribution in [0.1, 0.15) is 50.4 Å². The maximum atomic E-state index is 13.0. The first-order valence-corrected chi connectivity index (χ1v) is 15.7. The van der Waals surface area contributed by atoms with Gasteiger partial charge >= 0.3 is 0 Å². The molecule has 10 nitrogen and oxygen atoms in total. The largest absolute Gasteiger partial charge is 0.355 e. The number of rotatable bonds is 7. The van der Waals surface area contributed by atoms with Gasteiger partial charge in [-0.25, -0.2) is 21.8 Å². The van der Waals surface area contributed by atoms with E-state index in [1.165, 1.54) is 36.5 Å². The number of benzene rings is 1. The van der Waals surface area contributed by atoms with Crippen LogP contribution in [0.2, 0.25) is 0 Å². The van der Waals surface area contributed by atoms with Crippen LogP contribution in [-0.4, -0.2) is 64.8 Å². The van der Waals surface area contributed by atoms with Crippen molar-refractivity contribution in [2.45, 2.75) is 55.4 Å². The van der Waals surface area contributed by atoms with E-state index >= 15 is 0 Å². The summed E-state index contributed by atoms with van der Waals surface area (Å²) in [6, 6.07) is 6.86. The van der Waals surface area contributed by atoms with Gasteiger partial charge in [-0.2, -0.15) is 0 Å². The molecule has 2 aromatic rings. The lowest BCUT2D eigenvalue weighted by molar-refractivity contribution is -0.123. The third kappa shape index (κ3) is 8.00. The van der Waals surface area contributed by atoms with Crippen LogP contribution >= 0.6 is 0 Å². The molecule has 202 valence electrons. The summed E-state index contributed by atoms with van der Waals surface area (Å²) in [5, 5.41) is 5.73. The molecular formula is C25H34N4O6S2. The number of anilines is 2. The van der Waals surface area contributed by atoms with E-state index in [1.54, 1.807) is 0 Å². The highest BCUT2D eigenvalue weighted by Crippen LogP contribution is 2.31. The van der Waals surface area contributed by atoms with Gasteiger partial charge < -0.3 is 15.5 Å². The number of nitrogens with zero attached hydrogens (tertiary/aromatic N) is 2. The Labute approximate surface area is 218 Å². The van der Waals surface area contributed by atoms with Crippen molar-refractivity contribution in [3.05, 3.63) is 42.1 Å². The molecule has 3 rings (SSSR count). The number of aromatic nitrogens is 1. The number of amides is 2. The molecule has 1 aliphatic heterocycles. The maximum Gasteiger partial charge on any atom is 0.255 e. The van der Waals surface area contributed by atoms with Crippen molar-refractivity contribution >= 4 is 43.0 Å². The number of piperidine rings is 1. The summed E-state index contributed by atoms with van der Waals surface area (Å²) in [6.07, 6.45) is 5.33. The van der Waals surface area contributed by atoms with Crippen LogP contribution in [0.3, 0.4) is 0 Å². The monoisotopic (exact) mass is 550 g/mol. The van der Waals surface area contributed by atoms with Crippen molar-refractivity contribution in [3.8, 4) is 0 Å². The van der Waals surface area contributed by atoms with Crippen molar-refractivity contribution in [3.63, 3.8) is 0 Å². The van der Waals surface area contributed by atoms with Crippen LogP contribution in [0.5, 0.6) is 0 Å². The van der Waals surface area contributed by atoms with Crippen molar-refractivity contribution in [2.24, 2.45) is 5.92 Å². The van der Waals surface area contributed by atoms with Crippen LogP contribution < -0.4 is 15.5 Å². The summed E-state index contributed by atoms with van der Waals surface area (Å²) in [7, 11) is -6.98. The first-order valence-electron chi connectivity index (χ1n) is 11.9. The SMILES string of the molecule is CC(C)(C)NC(=O)CC1CCN(c2ncc(S(C)(=O)=O)cc2NC(=O)c2ccc(S(C)(=O)=O)cc2)CC1. The van der Waals surface area contributed by atoms with E-state index in [2.05, 4.69) is 15.6 Å². The summed E-state index contributed by atoms with van der Waals surface area (Å²) in [6.45, 7) is 6.99. The quantitative estimate of drug-likeness (QED) is 0.536. The average molecular weight is 551 g/mol. The van der Waals surface area contributed by atoms with E-state index in [-0.39, 0.29) is 38.4 Å². The number of sulfone groups is 2. The number of pyridine rings is 1. The van der Waals surface area contributed by atoms with Gasteiger partial charge in [0.1, 0.15) is 0 Å². The van der Waals surface area contributed by atoms with Crippen molar-refractivity contribution < 1.29 is 26.4 Å². The fourth-order valence-electron chi connectivity index (χ4n) is 4.11. The molecule has 0 radical (unpaired) electrons. The smallest absolute Gasteiger partial charge is 0.255 e. The standard InChI is InChI=1S/C25H34N4O6S2/c1-25(2,3)28-22(30)14-17-10-12-29(13-11-17)23-21(15-20(16-26-23)37(5,34)35)27-24(31)18-6-8-19(9-7-18)36(4,32)33/h6-9,15-17H,10-14H2,1-5H3,(H,27,31)(H,28,30). The van der Waals surface area contributed by atoms with E-state index < -0.39 is 25.6 Å². The second kappa shape index (κ2) is 10.8. The van der Waals surface area contributed by atoms with Crippen LogP contribution in [-0.2, 0) is 24.5 Å². The second-order valence-corrected chi connectivity index (χ2v) is 14.5. The van der Waals surface area contributed by atoms with E-state index in [0.717, 1.165) is 25.4 Å². The van der Waals surface area contributed by atoms with Crippen LogP contribution in [0.15, 0.2) is 46.3 Å². The normalized spacial score (nSPS) is 15.3. The molecule has 2 amide bonds. The topological polar surface area (TPSA) is 143 Å². The van der Waals surface area contributed by atoms with Gasteiger partial charge in [-0.05, 0) is 69.9 Å². The Bertz CT molecular complexity index is 1370. The van der Waals surface area contributed by atoms with Gasteiger partial charge in [0, 0.05) is 49.3 Å². The lowest BCUT2D eigenvalue weighted by Gasteiger charge is -2.34. The van der Waals surface area contributed by atoms with E-state index in [9.17, 15) is 26.4 Å². The minimum absolute atomic E-state index is 0.0106. The van der Waals surface area contributed by atoms with Gasteiger partial charge in [0.15, 0.2) is 25.5 Å². The van der Waals surface area contributed by atoms with Crippen molar-refractivity contribution in [1.29, 1.82) is 0 Å². The minimum atomic E-state index is -3.58. The van der Waals surface area contributed by atoms with Gasteiger partial charge in [-0.15, -0.1) is 0 Å². The van der Waals surface area contributed by atoms with Crippen LogP contribution in [0.25, 0.3) is 0 Å². The molecule has 1 aromatic heterocycles. The summed E-state index contributed by atoms with van der Waals surface area (Å²) in [4.78, 5) is 31.7. The fourth-order valence-corrected chi connectivity index (χ4v) is 5.32. The predicted octanol–water partition coefficient (Wildman–Crippen LogP) is 2.66. The van der Waals surface area contributed by atoms with Crippen molar-refractivity contribution in [1.82, 2.24) is 10.3 Å². The highest BCUT2D eigenvalue weighted by Gasteiger charge is 2.26. The van der Waals surface area contributed by atoms with E-state index in [0.29, 0.717) is 25.3 Å². The first kappa shape index (κ1) is 28.6. The Balaban J connectivity index is 1.79. The predicted molar refractivity (Wildman–Crippen MR) is 142 cm³/mol. The average Bonchev–Trinajstić information content (AvgIpc) is 2.77. The Kier molecular flexibility index (Phi) is 8.33. The fraction of sp³-hybridized carbons (Fsp3) is 0.480. The second-order valence-electron chi connectivity index (χ2n) is 10.5. The number of carbonyl (C=O) groups excluding carboxylic acids is 2. The molecule has 0 bridgehead atoms. The molecule has 0 unspecified atom stereocenters. The zero-order valence-corrected chi connectivity index (χ0v) is 23.4. The first-order chi connectivity index (χ1) is 17.0. The van der Waals surface area contributed by atoms with Gasteiger partial charge in [0.05, 0.1) is 15.5 Å². The highest BCUT2D eigenvalue weighted by atomic mass is 32.2. The van der Waals surface area contributed by atoms with Crippen molar-refractivity contribution in [2.75, 3.05) is 35.8 Å². The molecule has 0 saturated carbocycles. The highest BCUT2D eigenvalue weighted by molar-refractivity contribution is 7.91. The Morgan fingerprint density at radius 1 is 0.973 bits per heavy atom. The molecule has 2 heterocycles. The van der Waals surface area contributed by atoms with Crippen LogP contribution in [0, 0.1) is 5.92 Å². The third-order valence-corrected chi connectivity index (χ3v) is 8.17. The molecule has 1 aliphatic rings.